The smallest absolute Gasteiger partial charge is 0.0473 e. The number of nitrogens with two attached hydrogens (primary N) is 1. The first-order valence-corrected chi connectivity index (χ1v) is 4.63. The summed E-state index contributed by atoms with van der Waals surface area (Å²) in [5.74, 6) is 5.37. The Morgan fingerprint density at radius 3 is 2.92 bits per heavy atom. The van der Waals surface area contributed by atoms with Crippen LogP contribution < -0.4 is 11.3 Å². The molecule has 4 heteroatoms. The number of hydrogen-bond acceptors (Lipinski definition) is 3. The Labute approximate surface area is 80.5 Å². The molecule has 3 nitrogen and oxygen atoms in total. The molecule has 1 atom stereocenters. The number of rotatable bonds is 3. The van der Waals surface area contributed by atoms with Crippen LogP contribution in [0.3, 0.4) is 0 Å². The maximum absolute atomic E-state index is 5.37. The van der Waals surface area contributed by atoms with Crippen molar-refractivity contribution in [2.75, 3.05) is 0 Å². The van der Waals surface area contributed by atoms with E-state index in [4.69, 9.17) is 5.84 Å². The Morgan fingerprint density at radius 1 is 1.67 bits per heavy atom. The van der Waals surface area contributed by atoms with Crippen molar-refractivity contribution in [1.29, 1.82) is 0 Å². The summed E-state index contributed by atoms with van der Waals surface area (Å²) in [6, 6.07) is 2.20. The van der Waals surface area contributed by atoms with Gasteiger partial charge in [-0.25, -0.2) is 0 Å². The van der Waals surface area contributed by atoms with Gasteiger partial charge in [0.2, 0.25) is 0 Å². The molecule has 3 N–H and O–H groups in total. The van der Waals surface area contributed by atoms with Crippen molar-refractivity contribution in [2.45, 2.75) is 19.4 Å². The van der Waals surface area contributed by atoms with E-state index in [9.17, 15) is 0 Å². The number of hydrazine groups is 1. The molecule has 0 saturated heterocycles. The molecule has 0 fully saturated rings. The Morgan fingerprint density at radius 2 is 2.42 bits per heavy atom. The zero-order valence-electron chi connectivity index (χ0n) is 6.92. The van der Waals surface area contributed by atoms with E-state index >= 15 is 0 Å². The van der Waals surface area contributed by atoms with E-state index in [-0.39, 0.29) is 6.04 Å². The highest BCUT2D eigenvalue weighted by Gasteiger charge is 2.06. The van der Waals surface area contributed by atoms with Gasteiger partial charge in [0.25, 0.3) is 0 Å². The molecule has 12 heavy (non-hydrogen) atoms. The predicted octanol–water partition coefficient (Wildman–Crippen LogP) is 1.76. The van der Waals surface area contributed by atoms with Crippen LogP contribution in [-0.4, -0.2) is 4.98 Å². The quantitative estimate of drug-likeness (QED) is 0.614. The van der Waals surface area contributed by atoms with Crippen LogP contribution in [0.2, 0.25) is 0 Å². The fourth-order valence-corrected chi connectivity index (χ4v) is 1.45. The monoisotopic (exact) mass is 229 g/mol. The van der Waals surface area contributed by atoms with Crippen LogP contribution in [0.15, 0.2) is 22.9 Å². The molecular weight excluding hydrogens is 218 g/mol. The Kier molecular flexibility index (Phi) is 3.65. The molecule has 66 valence electrons. The molecule has 0 aliphatic carbocycles. The highest BCUT2D eigenvalue weighted by molar-refractivity contribution is 9.10. The van der Waals surface area contributed by atoms with E-state index in [2.05, 4.69) is 33.3 Å². The molecule has 1 aromatic heterocycles. The molecule has 0 aliphatic rings. The molecule has 0 saturated carbocycles. The summed E-state index contributed by atoms with van der Waals surface area (Å²) in [4.78, 5) is 4.06. The minimum atomic E-state index is 0.190. The third-order valence-corrected chi connectivity index (χ3v) is 2.17. The zero-order valence-corrected chi connectivity index (χ0v) is 8.51. The normalized spacial score (nSPS) is 12.9. The maximum Gasteiger partial charge on any atom is 0.0473 e. The molecule has 1 aromatic rings. The minimum Gasteiger partial charge on any atom is -0.271 e. The minimum absolute atomic E-state index is 0.190. The fraction of sp³-hybridized carbons (Fsp3) is 0.375. The maximum atomic E-state index is 5.37. The van der Waals surface area contributed by atoms with Crippen LogP contribution in [-0.2, 0) is 0 Å². The number of pyridine rings is 1. The van der Waals surface area contributed by atoms with Crippen LogP contribution >= 0.6 is 15.9 Å². The lowest BCUT2D eigenvalue weighted by atomic mass is 10.1. The molecule has 0 amide bonds. The van der Waals surface area contributed by atoms with Crippen LogP contribution in [0.4, 0.5) is 0 Å². The van der Waals surface area contributed by atoms with Crippen molar-refractivity contribution in [3.63, 3.8) is 0 Å². The Balaban J connectivity index is 2.85. The Bertz CT molecular complexity index is 248. The summed E-state index contributed by atoms with van der Waals surface area (Å²) in [5.41, 5.74) is 3.84. The van der Waals surface area contributed by atoms with Gasteiger partial charge < -0.3 is 0 Å². The number of nitrogens with one attached hydrogen (secondary N) is 1. The first-order chi connectivity index (χ1) is 5.77. The summed E-state index contributed by atoms with van der Waals surface area (Å²) in [6.07, 6.45) is 4.53. The molecular formula is C8H12BrN3. The third-order valence-electron chi connectivity index (χ3n) is 1.74. The largest absolute Gasteiger partial charge is 0.271 e. The molecule has 0 spiro atoms. The van der Waals surface area contributed by atoms with Crippen molar-refractivity contribution in [2.24, 2.45) is 5.84 Å². The molecule has 1 unspecified atom stereocenters. The standard InChI is InChI=1S/C8H12BrN3/c1-2-8(12-10)6-3-7(9)5-11-4-6/h3-5,8,12H,2,10H2,1H3. The third kappa shape index (κ3) is 2.27. The van der Waals surface area contributed by atoms with Gasteiger partial charge in [-0.1, -0.05) is 6.92 Å². The number of nitrogens with zero attached hydrogens (tertiary/aromatic N) is 1. The van der Waals surface area contributed by atoms with Gasteiger partial charge in [-0.2, -0.15) is 0 Å². The average molecular weight is 230 g/mol. The molecule has 1 rings (SSSR count). The van der Waals surface area contributed by atoms with Gasteiger partial charge in [0, 0.05) is 22.9 Å². The highest BCUT2D eigenvalue weighted by Crippen LogP contribution is 2.17. The summed E-state index contributed by atoms with van der Waals surface area (Å²) < 4.78 is 0.980. The molecule has 0 aromatic carbocycles. The Hall–Kier alpha value is -0.450. The second-order valence-corrected chi connectivity index (χ2v) is 3.48. The first-order valence-electron chi connectivity index (χ1n) is 3.84. The molecule has 0 bridgehead atoms. The summed E-state index contributed by atoms with van der Waals surface area (Å²) in [6.45, 7) is 2.07. The number of hydrogen-bond donors (Lipinski definition) is 2. The summed E-state index contributed by atoms with van der Waals surface area (Å²) >= 11 is 3.36. The molecule has 0 radical (unpaired) electrons. The van der Waals surface area contributed by atoms with Crippen LogP contribution in [0.25, 0.3) is 0 Å². The van der Waals surface area contributed by atoms with E-state index < -0.39 is 0 Å². The second-order valence-electron chi connectivity index (χ2n) is 2.56. The van der Waals surface area contributed by atoms with Gasteiger partial charge >= 0.3 is 0 Å². The van der Waals surface area contributed by atoms with E-state index in [1.807, 2.05) is 12.3 Å². The van der Waals surface area contributed by atoms with Crippen molar-refractivity contribution in [3.05, 3.63) is 28.5 Å². The van der Waals surface area contributed by atoms with E-state index in [0.29, 0.717) is 0 Å². The molecule has 0 aliphatic heterocycles. The van der Waals surface area contributed by atoms with Crippen molar-refractivity contribution in [3.8, 4) is 0 Å². The van der Waals surface area contributed by atoms with Crippen molar-refractivity contribution >= 4 is 15.9 Å². The topological polar surface area (TPSA) is 50.9 Å². The lowest BCUT2D eigenvalue weighted by Crippen LogP contribution is -2.27. The highest BCUT2D eigenvalue weighted by atomic mass is 79.9. The van der Waals surface area contributed by atoms with E-state index in [1.165, 1.54) is 0 Å². The number of aromatic nitrogens is 1. The fourth-order valence-electron chi connectivity index (χ4n) is 1.07. The number of halogens is 1. The lowest BCUT2D eigenvalue weighted by molar-refractivity contribution is 0.537. The average Bonchev–Trinajstić information content (AvgIpc) is 2.07. The molecule has 1 heterocycles. The van der Waals surface area contributed by atoms with Crippen LogP contribution in [0.5, 0.6) is 0 Å². The van der Waals surface area contributed by atoms with Gasteiger partial charge in [-0.3, -0.25) is 16.3 Å². The van der Waals surface area contributed by atoms with E-state index in [0.717, 1.165) is 16.5 Å². The predicted molar refractivity (Wildman–Crippen MR) is 52.3 cm³/mol. The van der Waals surface area contributed by atoms with E-state index in [1.54, 1.807) is 6.20 Å². The SMILES string of the molecule is CCC(NN)c1cncc(Br)c1. The van der Waals surface area contributed by atoms with Crippen LogP contribution in [0, 0.1) is 0 Å². The summed E-state index contributed by atoms with van der Waals surface area (Å²) in [7, 11) is 0. The van der Waals surface area contributed by atoms with Gasteiger partial charge in [-0.05, 0) is 34.0 Å². The van der Waals surface area contributed by atoms with Gasteiger partial charge in [0.15, 0.2) is 0 Å². The van der Waals surface area contributed by atoms with Gasteiger partial charge in [0.05, 0.1) is 0 Å². The van der Waals surface area contributed by atoms with Crippen LogP contribution in [0.1, 0.15) is 24.9 Å². The van der Waals surface area contributed by atoms with Crippen molar-refractivity contribution in [1.82, 2.24) is 10.4 Å². The zero-order chi connectivity index (χ0) is 8.97. The first kappa shape index (κ1) is 9.64. The lowest BCUT2D eigenvalue weighted by Gasteiger charge is -2.12. The second kappa shape index (κ2) is 4.54. The van der Waals surface area contributed by atoms with Gasteiger partial charge in [0.1, 0.15) is 0 Å². The van der Waals surface area contributed by atoms with Gasteiger partial charge in [-0.15, -0.1) is 0 Å². The van der Waals surface area contributed by atoms with Crippen molar-refractivity contribution < 1.29 is 0 Å². The summed E-state index contributed by atoms with van der Waals surface area (Å²) in [5, 5.41) is 0.